The number of rotatable bonds is 2. The molecule has 2 aromatic rings. The molecule has 1 N–H and O–H groups in total. The first-order chi connectivity index (χ1) is 8.20. The second-order valence-corrected chi connectivity index (χ2v) is 3.49. The van der Waals surface area contributed by atoms with Gasteiger partial charge in [-0.05, 0) is 23.8 Å². The van der Waals surface area contributed by atoms with E-state index >= 15 is 0 Å². The van der Waals surface area contributed by atoms with Gasteiger partial charge in [0.1, 0.15) is 5.75 Å². The fraction of sp³-hybridized carbons (Fsp3) is 0.0769. The predicted octanol–water partition coefficient (Wildman–Crippen LogP) is 1.82. The molecule has 0 aliphatic carbocycles. The Morgan fingerprint density at radius 1 is 1.18 bits per heavy atom. The lowest BCUT2D eigenvalue weighted by atomic mass is 10.1. The highest BCUT2D eigenvalue weighted by atomic mass is 16.5. The van der Waals surface area contributed by atoms with Crippen molar-refractivity contribution in [2.24, 2.45) is 0 Å². The topological polar surface area (TPSA) is 59.4 Å². The highest BCUT2D eigenvalue weighted by Crippen LogP contribution is 2.23. The largest absolute Gasteiger partial charge is 0.504 e. The van der Waals surface area contributed by atoms with Crippen LogP contribution in [0.5, 0.6) is 11.5 Å². The summed E-state index contributed by atoms with van der Waals surface area (Å²) in [5.74, 6) is 0.337. The average molecular weight is 229 g/mol. The molecule has 1 aromatic carbocycles. The van der Waals surface area contributed by atoms with Gasteiger partial charge in [-0.3, -0.25) is 9.78 Å². The van der Waals surface area contributed by atoms with Crippen LogP contribution < -0.4 is 10.2 Å². The van der Waals surface area contributed by atoms with Crippen LogP contribution in [-0.4, -0.2) is 17.2 Å². The Labute approximate surface area is 98.2 Å². The zero-order valence-corrected chi connectivity index (χ0v) is 9.25. The first-order valence-electron chi connectivity index (χ1n) is 5.03. The molecule has 0 spiro atoms. The molecule has 1 heterocycles. The van der Waals surface area contributed by atoms with Crippen molar-refractivity contribution in [1.82, 2.24) is 4.98 Å². The van der Waals surface area contributed by atoms with Crippen LogP contribution in [0.2, 0.25) is 0 Å². The third-order valence-electron chi connectivity index (χ3n) is 2.35. The highest BCUT2D eigenvalue weighted by Gasteiger charge is 2.02. The van der Waals surface area contributed by atoms with Crippen molar-refractivity contribution in [3.8, 4) is 22.6 Å². The van der Waals surface area contributed by atoms with E-state index in [0.717, 1.165) is 5.56 Å². The molecule has 1 aromatic heterocycles. The summed E-state index contributed by atoms with van der Waals surface area (Å²) in [4.78, 5) is 15.3. The molecule has 0 fully saturated rings. The van der Waals surface area contributed by atoms with Gasteiger partial charge in [-0.25, -0.2) is 0 Å². The minimum Gasteiger partial charge on any atom is -0.504 e. The zero-order chi connectivity index (χ0) is 12.3. The number of pyridine rings is 1. The zero-order valence-electron chi connectivity index (χ0n) is 9.25. The molecule has 17 heavy (non-hydrogen) atoms. The van der Waals surface area contributed by atoms with Crippen molar-refractivity contribution in [2.75, 3.05) is 7.11 Å². The van der Waals surface area contributed by atoms with Gasteiger partial charge < -0.3 is 9.84 Å². The number of nitrogens with zero attached hydrogens (tertiary/aromatic N) is 1. The summed E-state index contributed by atoms with van der Waals surface area (Å²) >= 11 is 0. The van der Waals surface area contributed by atoms with Gasteiger partial charge in [0.15, 0.2) is 5.75 Å². The monoisotopic (exact) mass is 229 g/mol. The molecule has 4 heteroatoms. The van der Waals surface area contributed by atoms with Gasteiger partial charge in [0.2, 0.25) is 5.43 Å². The molecule has 0 aliphatic heterocycles. The average Bonchev–Trinajstić information content (AvgIpc) is 2.52. The summed E-state index contributed by atoms with van der Waals surface area (Å²) in [6.45, 7) is 0. The third kappa shape index (κ3) is 2.42. The van der Waals surface area contributed by atoms with Crippen molar-refractivity contribution in [3.63, 3.8) is 0 Å². The van der Waals surface area contributed by atoms with Crippen LogP contribution in [0.15, 0.2) is 47.5 Å². The van der Waals surface area contributed by atoms with Crippen molar-refractivity contribution >= 4 is 0 Å². The number of ether oxygens (including phenoxy) is 1. The van der Waals surface area contributed by atoms with E-state index < -0.39 is 5.43 Å². The SMILES string of the molecule is COc1cncc(-c2cccc(=O)c(O)c2)c1. The van der Waals surface area contributed by atoms with E-state index in [0.29, 0.717) is 11.3 Å². The Balaban J connectivity index is 2.57. The molecular formula is C13H11NO3. The molecule has 0 aliphatic rings. The molecule has 4 nitrogen and oxygen atoms in total. The Morgan fingerprint density at radius 2 is 2.00 bits per heavy atom. The maximum atomic E-state index is 11.2. The van der Waals surface area contributed by atoms with Gasteiger partial charge in [-0.1, -0.05) is 12.1 Å². The van der Waals surface area contributed by atoms with Gasteiger partial charge in [-0.2, -0.15) is 0 Å². The molecule has 0 saturated carbocycles. The summed E-state index contributed by atoms with van der Waals surface area (Å²) in [6.07, 6.45) is 3.23. The lowest BCUT2D eigenvalue weighted by Gasteiger charge is -2.02. The highest BCUT2D eigenvalue weighted by molar-refractivity contribution is 5.64. The fourth-order valence-corrected chi connectivity index (χ4v) is 1.46. The van der Waals surface area contributed by atoms with E-state index in [9.17, 15) is 9.90 Å². The van der Waals surface area contributed by atoms with E-state index in [2.05, 4.69) is 4.98 Å². The standard InChI is InChI=1S/C13H11NO3/c1-17-11-5-10(7-14-8-11)9-3-2-4-12(15)13(16)6-9/h2-8H,1H3,(H,15,16). The van der Waals surface area contributed by atoms with Crippen LogP contribution in [0, 0.1) is 0 Å². The summed E-state index contributed by atoms with van der Waals surface area (Å²) in [5, 5.41) is 9.48. The number of hydrogen-bond acceptors (Lipinski definition) is 4. The number of aromatic hydroxyl groups is 1. The summed E-state index contributed by atoms with van der Waals surface area (Å²) < 4.78 is 5.07. The van der Waals surface area contributed by atoms with E-state index in [-0.39, 0.29) is 5.75 Å². The van der Waals surface area contributed by atoms with Gasteiger partial charge in [0, 0.05) is 11.8 Å². The normalized spacial score (nSPS) is 9.94. The second-order valence-electron chi connectivity index (χ2n) is 3.49. The van der Waals surface area contributed by atoms with Gasteiger partial charge >= 0.3 is 0 Å². The molecule has 0 radical (unpaired) electrons. The Bertz CT molecular complexity index is 596. The molecule has 0 saturated heterocycles. The van der Waals surface area contributed by atoms with E-state index in [1.807, 2.05) is 0 Å². The van der Waals surface area contributed by atoms with Crippen LogP contribution in [0.25, 0.3) is 11.1 Å². The molecule has 0 amide bonds. The molecule has 2 rings (SSSR count). The number of aromatic nitrogens is 1. The molecule has 0 unspecified atom stereocenters. The summed E-state index contributed by atoms with van der Waals surface area (Å²) in [6, 6.07) is 7.84. The summed E-state index contributed by atoms with van der Waals surface area (Å²) in [5.41, 5.74) is 1.07. The van der Waals surface area contributed by atoms with Gasteiger partial charge in [-0.15, -0.1) is 0 Å². The smallest absolute Gasteiger partial charge is 0.220 e. The van der Waals surface area contributed by atoms with E-state index in [4.69, 9.17) is 4.74 Å². The predicted molar refractivity (Wildman–Crippen MR) is 64.2 cm³/mol. The van der Waals surface area contributed by atoms with Gasteiger partial charge in [0.05, 0.1) is 13.3 Å². The maximum Gasteiger partial charge on any atom is 0.220 e. The van der Waals surface area contributed by atoms with Crippen molar-refractivity contribution in [3.05, 3.63) is 52.9 Å². The van der Waals surface area contributed by atoms with Crippen molar-refractivity contribution in [2.45, 2.75) is 0 Å². The second kappa shape index (κ2) is 4.65. The Kier molecular flexibility index (Phi) is 3.05. The Hall–Kier alpha value is -2.36. The van der Waals surface area contributed by atoms with Crippen molar-refractivity contribution < 1.29 is 9.84 Å². The van der Waals surface area contributed by atoms with Crippen LogP contribution in [-0.2, 0) is 0 Å². The van der Waals surface area contributed by atoms with Crippen LogP contribution in [0.4, 0.5) is 0 Å². The number of hydrogen-bond donors (Lipinski definition) is 1. The lowest BCUT2D eigenvalue weighted by Crippen LogP contribution is -1.91. The minimum absolute atomic E-state index is 0.284. The Morgan fingerprint density at radius 3 is 2.76 bits per heavy atom. The minimum atomic E-state index is -0.410. The molecular weight excluding hydrogens is 218 g/mol. The number of methoxy groups -OCH3 is 1. The van der Waals surface area contributed by atoms with E-state index in [1.165, 1.54) is 12.1 Å². The summed E-state index contributed by atoms with van der Waals surface area (Å²) in [7, 11) is 1.55. The lowest BCUT2D eigenvalue weighted by molar-refractivity contribution is 0.413. The first-order valence-corrected chi connectivity index (χ1v) is 5.03. The van der Waals surface area contributed by atoms with Gasteiger partial charge in [0.25, 0.3) is 0 Å². The maximum absolute atomic E-state index is 11.2. The molecule has 0 bridgehead atoms. The van der Waals surface area contributed by atoms with Crippen LogP contribution in [0.3, 0.4) is 0 Å². The van der Waals surface area contributed by atoms with Crippen molar-refractivity contribution in [1.29, 1.82) is 0 Å². The van der Waals surface area contributed by atoms with E-state index in [1.54, 1.807) is 37.7 Å². The molecule has 86 valence electrons. The van der Waals surface area contributed by atoms with Crippen LogP contribution in [0.1, 0.15) is 0 Å². The third-order valence-corrected chi connectivity index (χ3v) is 2.35. The quantitative estimate of drug-likeness (QED) is 0.853. The molecule has 0 atom stereocenters. The fourth-order valence-electron chi connectivity index (χ4n) is 1.46. The van der Waals surface area contributed by atoms with Crippen LogP contribution >= 0.6 is 0 Å². The first kappa shape index (κ1) is 11.1.